The number of rotatable bonds is 9. The van der Waals surface area contributed by atoms with Crippen LogP contribution in [0.5, 0.6) is 5.75 Å². The largest absolute Gasteiger partial charge is 0.491 e. The number of amides is 1. The van der Waals surface area contributed by atoms with Crippen molar-refractivity contribution < 1.29 is 14.3 Å². The van der Waals surface area contributed by atoms with Gasteiger partial charge in [0, 0.05) is 51.7 Å². The van der Waals surface area contributed by atoms with E-state index in [0.717, 1.165) is 36.5 Å². The van der Waals surface area contributed by atoms with Crippen molar-refractivity contribution in [2.24, 2.45) is 0 Å². The SMILES string of the molecule is COCCOc1cccc(CNC(=O)CN2CCNCC2c2cccnc2)c1.Cl. The number of aromatic nitrogens is 1. The van der Waals surface area contributed by atoms with E-state index in [1.165, 1.54) is 0 Å². The summed E-state index contributed by atoms with van der Waals surface area (Å²) in [5.74, 6) is 0.795. The van der Waals surface area contributed by atoms with Crippen molar-refractivity contribution in [3.05, 3.63) is 59.9 Å². The molecule has 0 spiro atoms. The summed E-state index contributed by atoms with van der Waals surface area (Å²) in [7, 11) is 1.65. The molecule has 29 heavy (non-hydrogen) atoms. The number of methoxy groups -OCH3 is 1. The molecule has 0 aliphatic carbocycles. The number of benzene rings is 1. The average Bonchev–Trinajstić information content (AvgIpc) is 2.74. The van der Waals surface area contributed by atoms with Crippen molar-refractivity contribution in [1.29, 1.82) is 0 Å². The van der Waals surface area contributed by atoms with Gasteiger partial charge in [-0.05, 0) is 29.3 Å². The minimum Gasteiger partial charge on any atom is -0.491 e. The van der Waals surface area contributed by atoms with Crippen LogP contribution in [0.25, 0.3) is 0 Å². The second kappa shape index (κ2) is 12.4. The van der Waals surface area contributed by atoms with Gasteiger partial charge in [-0.1, -0.05) is 18.2 Å². The summed E-state index contributed by atoms with van der Waals surface area (Å²) in [5, 5.41) is 6.41. The molecule has 2 heterocycles. The molecule has 1 fully saturated rings. The van der Waals surface area contributed by atoms with Crippen molar-refractivity contribution in [2.75, 3.05) is 46.5 Å². The molecule has 0 bridgehead atoms. The van der Waals surface area contributed by atoms with Crippen molar-refractivity contribution in [2.45, 2.75) is 12.6 Å². The summed E-state index contributed by atoms with van der Waals surface area (Å²) in [6, 6.07) is 11.9. The second-order valence-electron chi connectivity index (χ2n) is 6.74. The van der Waals surface area contributed by atoms with E-state index in [-0.39, 0.29) is 24.4 Å². The number of nitrogens with one attached hydrogen (secondary N) is 2. The minimum atomic E-state index is 0. The third-order valence-corrected chi connectivity index (χ3v) is 4.71. The molecular weight excluding hydrogens is 392 g/mol. The van der Waals surface area contributed by atoms with Gasteiger partial charge in [0.2, 0.25) is 5.91 Å². The number of nitrogens with zero attached hydrogens (tertiary/aromatic N) is 2. The van der Waals surface area contributed by atoms with E-state index in [1.54, 1.807) is 13.3 Å². The highest BCUT2D eigenvalue weighted by atomic mass is 35.5. The molecule has 3 rings (SSSR count). The number of carbonyl (C=O) groups excluding carboxylic acids is 1. The third kappa shape index (κ3) is 7.29. The molecule has 1 aliphatic heterocycles. The Morgan fingerprint density at radius 1 is 1.31 bits per heavy atom. The molecule has 1 atom stereocenters. The zero-order valence-electron chi connectivity index (χ0n) is 16.7. The molecule has 2 aromatic rings. The Balaban J connectivity index is 0.00000300. The van der Waals surface area contributed by atoms with Gasteiger partial charge in [-0.25, -0.2) is 0 Å². The van der Waals surface area contributed by atoms with Crippen molar-refractivity contribution in [1.82, 2.24) is 20.5 Å². The molecule has 1 amide bonds. The lowest BCUT2D eigenvalue weighted by Gasteiger charge is -2.35. The van der Waals surface area contributed by atoms with Gasteiger partial charge in [0.1, 0.15) is 12.4 Å². The van der Waals surface area contributed by atoms with Crippen LogP contribution in [-0.4, -0.2) is 62.3 Å². The first kappa shape index (κ1) is 23.1. The van der Waals surface area contributed by atoms with Crippen LogP contribution in [0.2, 0.25) is 0 Å². The van der Waals surface area contributed by atoms with Gasteiger partial charge in [0.15, 0.2) is 0 Å². The Bertz CT molecular complexity index is 748. The van der Waals surface area contributed by atoms with Crippen LogP contribution in [0.4, 0.5) is 0 Å². The number of hydrogen-bond acceptors (Lipinski definition) is 6. The fourth-order valence-corrected chi connectivity index (χ4v) is 3.27. The first-order valence-corrected chi connectivity index (χ1v) is 9.58. The highest BCUT2D eigenvalue weighted by molar-refractivity contribution is 5.85. The molecule has 1 saturated heterocycles. The first-order chi connectivity index (χ1) is 13.8. The Labute approximate surface area is 178 Å². The lowest BCUT2D eigenvalue weighted by molar-refractivity contribution is -0.123. The fraction of sp³-hybridized carbons (Fsp3) is 0.429. The summed E-state index contributed by atoms with van der Waals surface area (Å²) < 4.78 is 10.6. The molecule has 0 radical (unpaired) electrons. The van der Waals surface area contributed by atoms with E-state index < -0.39 is 0 Å². The topological polar surface area (TPSA) is 75.7 Å². The number of ether oxygens (including phenoxy) is 2. The maximum absolute atomic E-state index is 12.5. The Kier molecular flexibility index (Phi) is 9.87. The lowest BCUT2D eigenvalue weighted by Crippen LogP contribution is -2.49. The molecule has 0 saturated carbocycles. The van der Waals surface area contributed by atoms with E-state index in [1.807, 2.05) is 36.5 Å². The van der Waals surface area contributed by atoms with Gasteiger partial charge in [0.25, 0.3) is 0 Å². The summed E-state index contributed by atoms with van der Waals surface area (Å²) in [6.07, 6.45) is 3.64. The highest BCUT2D eigenvalue weighted by Crippen LogP contribution is 2.20. The number of piperazine rings is 1. The monoisotopic (exact) mass is 420 g/mol. The second-order valence-corrected chi connectivity index (χ2v) is 6.74. The quantitative estimate of drug-likeness (QED) is 0.602. The van der Waals surface area contributed by atoms with Crippen LogP contribution in [-0.2, 0) is 16.1 Å². The van der Waals surface area contributed by atoms with Crippen molar-refractivity contribution >= 4 is 18.3 Å². The molecule has 1 aliphatic rings. The van der Waals surface area contributed by atoms with Crippen LogP contribution in [0.15, 0.2) is 48.8 Å². The molecule has 1 unspecified atom stereocenters. The van der Waals surface area contributed by atoms with Gasteiger partial charge < -0.3 is 20.1 Å². The number of halogens is 1. The number of carbonyl (C=O) groups is 1. The van der Waals surface area contributed by atoms with E-state index in [2.05, 4.69) is 26.6 Å². The molecule has 1 aromatic carbocycles. The average molecular weight is 421 g/mol. The fourth-order valence-electron chi connectivity index (χ4n) is 3.27. The Hall–Kier alpha value is -2.19. The third-order valence-electron chi connectivity index (χ3n) is 4.71. The van der Waals surface area contributed by atoms with Gasteiger partial charge >= 0.3 is 0 Å². The number of pyridine rings is 1. The van der Waals surface area contributed by atoms with Crippen molar-refractivity contribution in [3.8, 4) is 5.75 Å². The molecule has 1 aromatic heterocycles. The van der Waals surface area contributed by atoms with Gasteiger partial charge in [-0.15, -0.1) is 12.4 Å². The Morgan fingerprint density at radius 3 is 3.00 bits per heavy atom. The lowest BCUT2D eigenvalue weighted by atomic mass is 10.1. The molecule has 158 valence electrons. The zero-order valence-corrected chi connectivity index (χ0v) is 17.5. The van der Waals surface area contributed by atoms with Crippen molar-refractivity contribution in [3.63, 3.8) is 0 Å². The predicted octanol–water partition coefficient (Wildman–Crippen LogP) is 1.79. The number of hydrogen-bond donors (Lipinski definition) is 2. The summed E-state index contributed by atoms with van der Waals surface area (Å²) >= 11 is 0. The van der Waals surface area contributed by atoms with Gasteiger partial charge in [-0.2, -0.15) is 0 Å². The maximum atomic E-state index is 12.5. The summed E-state index contributed by atoms with van der Waals surface area (Å²) in [5.41, 5.74) is 2.13. The molecule has 8 heteroatoms. The zero-order chi connectivity index (χ0) is 19.6. The van der Waals surface area contributed by atoms with Crippen LogP contribution >= 0.6 is 12.4 Å². The van der Waals surface area contributed by atoms with E-state index in [4.69, 9.17) is 9.47 Å². The molecular formula is C21H29ClN4O3. The molecule has 2 N–H and O–H groups in total. The molecule has 7 nitrogen and oxygen atoms in total. The highest BCUT2D eigenvalue weighted by Gasteiger charge is 2.25. The van der Waals surface area contributed by atoms with Crippen LogP contribution < -0.4 is 15.4 Å². The normalized spacial score (nSPS) is 16.7. The maximum Gasteiger partial charge on any atom is 0.234 e. The summed E-state index contributed by atoms with van der Waals surface area (Å²) in [6.45, 7) is 4.42. The standard InChI is InChI=1S/C21H28N4O3.ClH/c1-27-10-11-28-19-6-2-4-17(12-19)13-24-21(26)16-25-9-8-23-15-20(25)18-5-3-7-22-14-18;/h2-7,12,14,20,23H,8-11,13,15-16H2,1H3,(H,24,26);1H. The minimum absolute atomic E-state index is 0. The van der Waals surface area contributed by atoms with Crippen LogP contribution in [0.1, 0.15) is 17.2 Å². The van der Waals surface area contributed by atoms with Crippen LogP contribution in [0.3, 0.4) is 0 Å². The van der Waals surface area contributed by atoms with E-state index >= 15 is 0 Å². The van der Waals surface area contributed by atoms with Crippen LogP contribution in [0, 0.1) is 0 Å². The van der Waals surface area contributed by atoms with Gasteiger partial charge in [-0.3, -0.25) is 14.7 Å². The van der Waals surface area contributed by atoms with Gasteiger partial charge in [0.05, 0.1) is 13.2 Å². The predicted molar refractivity (Wildman–Crippen MR) is 114 cm³/mol. The Morgan fingerprint density at radius 2 is 2.21 bits per heavy atom. The van der Waals surface area contributed by atoms with E-state index in [9.17, 15) is 4.79 Å². The smallest absolute Gasteiger partial charge is 0.234 e. The van der Waals surface area contributed by atoms with E-state index in [0.29, 0.717) is 26.3 Å². The first-order valence-electron chi connectivity index (χ1n) is 9.58. The summed E-state index contributed by atoms with van der Waals surface area (Å²) in [4.78, 5) is 18.9.